The molecule has 1 amide bonds. The predicted octanol–water partition coefficient (Wildman–Crippen LogP) is 3.03. The zero-order valence-corrected chi connectivity index (χ0v) is 15.5. The van der Waals surface area contributed by atoms with Crippen LogP contribution < -0.4 is 5.32 Å². The van der Waals surface area contributed by atoms with Crippen LogP contribution in [0.3, 0.4) is 0 Å². The number of carbonyl (C=O) groups excluding carboxylic acids is 1. The van der Waals surface area contributed by atoms with Crippen LogP contribution in [0.15, 0.2) is 53.5 Å². The number of sulfonamides is 1. The van der Waals surface area contributed by atoms with E-state index in [0.29, 0.717) is 13.1 Å². The lowest BCUT2D eigenvalue weighted by atomic mass is 10.1. The molecule has 24 heavy (non-hydrogen) atoms. The molecule has 0 saturated heterocycles. The number of amides is 1. The summed E-state index contributed by atoms with van der Waals surface area (Å²) in [5, 5.41) is 2.84. The Morgan fingerprint density at radius 2 is 1.75 bits per heavy atom. The molecule has 1 aromatic rings. The Labute approximate surface area is 145 Å². The van der Waals surface area contributed by atoms with Crippen LogP contribution in [-0.2, 0) is 14.8 Å². The lowest BCUT2D eigenvalue weighted by Crippen LogP contribution is -2.30. The summed E-state index contributed by atoms with van der Waals surface area (Å²) in [4.78, 5) is 12.0. The number of hydrogen-bond donors (Lipinski definition) is 1. The van der Waals surface area contributed by atoms with Crippen LogP contribution in [0, 0.1) is 0 Å². The summed E-state index contributed by atoms with van der Waals surface area (Å²) >= 11 is 0. The monoisotopic (exact) mass is 350 g/mol. The molecule has 0 fully saturated rings. The molecule has 1 N–H and O–H groups in total. The Hall–Kier alpha value is -1.92. The number of nitrogens with one attached hydrogen (secondary N) is 1. The van der Waals surface area contributed by atoms with E-state index in [-0.39, 0.29) is 16.8 Å². The van der Waals surface area contributed by atoms with Crippen molar-refractivity contribution in [1.82, 2.24) is 9.62 Å². The first kappa shape index (κ1) is 20.1. The third-order valence-corrected chi connectivity index (χ3v) is 5.70. The molecule has 1 aromatic carbocycles. The van der Waals surface area contributed by atoms with E-state index in [1.807, 2.05) is 33.8 Å². The first-order valence-electron chi connectivity index (χ1n) is 8.06. The number of allylic oxidation sites excluding steroid dienone is 3. The Morgan fingerprint density at radius 3 is 2.25 bits per heavy atom. The summed E-state index contributed by atoms with van der Waals surface area (Å²) in [6.45, 7) is 8.23. The third kappa shape index (κ3) is 5.32. The second kappa shape index (κ2) is 9.39. The van der Waals surface area contributed by atoms with Gasteiger partial charge in [0.15, 0.2) is 0 Å². The Bertz CT molecular complexity index is 687. The van der Waals surface area contributed by atoms with Crippen LogP contribution in [0.1, 0.15) is 39.3 Å². The van der Waals surface area contributed by atoms with Gasteiger partial charge in [-0.3, -0.25) is 4.79 Å². The molecular formula is C18H26N2O3S. The highest BCUT2D eigenvalue weighted by Gasteiger charge is 2.21. The standard InChI is InChI=1S/C18H26N2O3S/c1-5-8-9-10-18(21)19-15(4)16-11-13-17(14-12-16)24(22,23)20(6-2)7-3/h5,8-15H,6-7H2,1-4H3,(H,19,21)/b8-5+,10-9+. The molecule has 0 aliphatic rings. The van der Waals surface area contributed by atoms with Gasteiger partial charge in [-0.05, 0) is 31.5 Å². The lowest BCUT2D eigenvalue weighted by Gasteiger charge is -2.19. The minimum atomic E-state index is -3.45. The number of rotatable bonds is 8. The minimum absolute atomic E-state index is 0.194. The quantitative estimate of drug-likeness (QED) is 0.579. The third-order valence-electron chi connectivity index (χ3n) is 3.63. The molecule has 0 bridgehead atoms. The molecule has 1 rings (SSSR count). The van der Waals surface area contributed by atoms with Gasteiger partial charge < -0.3 is 5.32 Å². The fourth-order valence-corrected chi connectivity index (χ4v) is 3.70. The van der Waals surface area contributed by atoms with Crippen molar-refractivity contribution in [2.24, 2.45) is 0 Å². The van der Waals surface area contributed by atoms with Crippen molar-refractivity contribution in [3.63, 3.8) is 0 Å². The molecule has 1 atom stereocenters. The molecular weight excluding hydrogens is 324 g/mol. The average Bonchev–Trinajstić information content (AvgIpc) is 2.56. The number of carbonyl (C=O) groups is 1. The average molecular weight is 350 g/mol. The summed E-state index contributed by atoms with van der Waals surface area (Å²) < 4.78 is 26.3. The van der Waals surface area contributed by atoms with Crippen LogP contribution in [-0.4, -0.2) is 31.7 Å². The summed E-state index contributed by atoms with van der Waals surface area (Å²) in [6, 6.07) is 6.43. The molecule has 0 radical (unpaired) electrons. The summed E-state index contributed by atoms with van der Waals surface area (Å²) in [5.41, 5.74) is 0.848. The summed E-state index contributed by atoms with van der Waals surface area (Å²) in [6.07, 6.45) is 6.73. The molecule has 0 aliphatic carbocycles. The van der Waals surface area contributed by atoms with E-state index in [1.54, 1.807) is 36.4 Å². The Kier molecular flexibility index (Phi) is 7.88. The van der Waals surface area contributed by atoms with Gasteiger partial charge in [0.2, 0.25) is 15.9 Å². The van der Waals surface area contributed by atoms with Crippen molar-refractivity contribution in [2.75, 3.05) is 13.1 Å². The predicted molar refractivity (Wildman–Crippen MR) is 97.1 cm³/mol. The van der Waals surface area contributed by atoms with E-state index >= 15 is 0 Å². The molecule has 0 saturated carbocycles. The van der Waals surface area contributed by atoms with Gasteiger partial charge >= 0.3 is 0 Å². The van der Waals surface area contributed by atoms with E-state index < -0.39 is 10.0 Å². The normalized spacial score (nSPS) is 13.7. The van der Waals surface area contributed by atoms with Gasteiger partial charge in [-0.1, -0.05) is 44.2 Å². The van der Waals surface area contributed by atoms with Crippen LogP contribution in [0.25, 0.3) is 0 Å². The maximum atomic E-state index is 12.4. The van der Waals surface area contributed by atoms with Gasteiger partial charge in [-0.25, -0.2) is 8.42 Å². The van der Waals surface area contributed by atoms with Crippen LogP contribution in [0.5, 0.6) is 0 Å². The van der Waals surface area contributed by atoms with Crippen molar-refractivity contribution in [1.29, 1.82) is 0 Å². The molecule has 1 unspecified atom stereocenters. The van der Waals surface area contributed by atoms with E-state index in [2.05, 4.69) is 5.32 Å². The van der Waals surface area contributed by atoms with E-state index in [9.17, 15) is 13.2 Å². The lowest BCUT2D eigenvalue weighted by molar-refractivity contribution is -0.117. The molecule has 0 spiro atoms. The van der Waals surface area contributed by atoms with Gasteiger partial charge in [0, 0.05) is 19.2 Å². The maximum absolute atomic E-state index is 12.4. The van der Waals surface area contributed by atoms with Crippen molar-refractivity contribution in [3.8, 4) is 0 Å². The van der Waals surface area contributed by atoms with Crippen molar-refractivity contribution in [2.45, 2.75) is 38.6 Å². The maximum Gasteiger partial charge on any atom is 0.244 e. The molecule has 0 aromatic heterocycles. The fourth-order valence-electron chi connectivity index (χ4n) is 2.24. The van der Waals surface area contributed by atoms with E-state index in [4.69, 9.17) is 0 Å². The first-order chi connectivity index (χ1) is 11.4. The summed E-state index contributed by atoms with van der Waals surface area (Å²) in [5.74, 6) is -0.194. The molecule has 0 heterocycles. The van der Waals surface area contributed by atoms with E-state index in [1.165, 1.54) is 10.4 Å². The fraction of sp³-hybridized carbons (Fsp3) is 0.389. The zero-order chi connectivity index (χ0) is 18.2. The van der Waals surface area contributed by atoms with Gasteiger partial charge in [0.05, 0.1) is 10.9 Å². The van der Waals surface area contributed by atoms with Crippen molar-refractivity contribution >= 4 is 15.9 Å². The number of benzene rings is 1. The van der Waals surface area contributed by atoms with Crippen LogP contribution >= 0.6 is 0 Å². The SMILES string of the molecule is C/C=C/C=C/C(=O)NC(C)c1ccc(S(=O)(=O)N(CC)CC)cc1. The van der Waals surface area contributed by atoms with Gasteiger partial charge in [0.1, 0.15) is 0 Å². The number of hydrogen-bond acceptors (Lipinski definition) is 3. The van der Waals surface area contributed by atoms with E-state index in [0.717, 1.165) is 5.56 Å². The Balaban J connectivity index is 2.85. The van der Waals surface area contributed by atoms with Gasteiger partial charge in [-0.2, -0.15) is 4.31 Å². The highest BCUT2D eigenvalue weighted by atomic mass is 32.2. The van der Waals surface area contributed by atoms with Crippen LogP contribution in [0.4, 0.5) is 0 Å². The van der Waals surface area contributed by atoms with Gasteiger partial charge in [-0.15, -0.1) is 0 Å². The highest BCUT2D eigenvalue weighted by molar-refractivity contribution is 7.89. The Morgan fingerprint density at radius 1 is 1.17 bits per heavy atom. The minimum Gasteiger partial charge on any atom is -0.346 e. The number of nitrogens with zero attached hydrogens (tertiary/aromatic N) is 1. The van der Waals surface area contributed by atoms with Crippen LogP contribution in [0.2, 0.25) is 0 Å². The van der Waals surface area contributed by atoms with Gasteiger partial charge in [0.25, 0.3) is 0 Å². The highest BCUT2D eigenvalue weighted by Crippen LogP contribution is 2.19. The second-order valence-electron chi connectivity index (χ2n) is 5.27. The van der Waals surface area contributed by atoms with Crippen molar-refractivity contribution < 1.29 is 13.2 Å². The molecule has 0 aliphatic heterocycles. The first-order valence-corrected chi connectivity index (χ1v) is 9.50. The largest absolute Gasteiger partial charge is 0.346 e. The molecule has 5 nitrogen and oxygen atoms in total. The smallest absolute Gasteiger partial charge is 0.244 e. The zero-order valence-electron chi connectivity index (χ0n) is 14.7. The molecule has 132 valence electrons. The van der Waals surface area contributed by atoms with Crippen molar-refractivity contribution in [3.05, 3.63) is 54.1 Å². The second-order valence-corrected chi connectivity index (χ2v) is 7.21. The summed E-state index contributed by atoms with van der Waals surface area (Å²) in [7, 11) is -3.45. The topological polar surface area (TPSA) is 66.5 Å². The molecule has 6 heteroatoms.